The summed E-state index contributed by atoms with van der Waals surface area (Å²) in [5.41, 5.74) is 4.24. The fraction of sp³-hybridized carbons (Fsp3) is 0.353. The van der Waals surface area contributed by atoms with Gasteiger partial charge in [-0.3, -0.25) is 9.59 Å². The van der Waals surface area contributed by atoms with Gasteiger partial charge in [-0.15, -0.1) is 0 Å². The van der Waals surface area contributed by atoms with Gasteiger partial charge in [-0.1, -0.05) is 74.9 Å². The molecule has 2 amide bonds. The first-order valence-electron chi connectivity index (χ1n) is 14.2. The van der Waals surface area contributed by atoms with Crippen molar-refractivity contribution >= 4 is 22.6 Å². The van der Waals surface area contributed by atoms with Gasteiger partial charge in [-0.25, -0.2) is 0 Å². The van der Waals surface area contributed by atoms with Crippen molar-refractivity contribution in [2.45, 2.75) is 66.1 Å². The number of nitrogens with zero attached hydrogens (tertiary/aromatic N) is 3. The van der Waals surface area contributed by atoms with Gasteiger partial charge in [0.25, 0.3) is 5.91 Å². The van der Waals surface area contributed by atoms with Crippen LogP contribution in [0.4, 0.5) is 0 Å². The molecule has 0 bridgehead atoms. The van der Waals surface area contributed by atoms with Gasteiger partial charge < -0.3 is 14.4 Å². The second-order valence-corrected chi connectivity index (χ2v) is 10.5. The van der Waals surface area contributed by atoms with Crippen LogP contribution in [0, 0.1) is 6.92 Å². The van der Waals surface area contributed by atoms with Crippen molar-refractivity contribution in [3.63, 3.8) is 0 Å². The van der Waals surface area contributed by atoms with Crippen LogP contribution in [0.25, 0.3) is 10.8 Å². The Balaban J connectivity index is 1.54. The molecular weight excluding hydrogens is 482 g/mol. The molecule has 4 aromatic rings. The van der Waals surface area contributed by atoms with Crippen LogP contribution in [-0.2, 0) is 17.9 Å². The fourth-order valence-electron chi connectivity index (χ4n) is 4.96. The number of amides is 2. The molecule has 204 valence electrons. The second kappa shape index (κ2) is 13.3. The smallest absolute Gasteiger partial charge is 0.254 e. The average Bonchev–Trinajstić information content (AvgIpc) is 3.40. The summed E-state index contributed by atoms with van der Waals surface area (Å²) in [7, 11) is 0. The maximum absolute atomic E-state index is 13.8. The van der Waals surface area contributed by atoms with Crippen molar-refractivity contribution in [3.05, 3.63) is 107 Å². The molecule has 1 unspecified atom stereocenters. The second-order valence-electron chi connectivity index (χ2n) is 10.5. The maximum Gasteiger partial charge on any atom is 0.254 e. The molecule has 1 aromatic heterocycles. The van der Waals surface area contributed by atoms with Gasteiger partial charge in [-0.05, 0) is 72.9 Å². The Hall–Kier alpha value is -3.86. The highest BCUT2D eigenvalue weighted by Crippen LogP contribution is 2.19. The van der Waals surface area contributed by atoms with Crippen LogP contribution < -0.4 is 0 Å². The summed E-state index contributed by atoms with van der Waals surface area (Å²) in [6, 6.07) is 26.4. The van der Waals surface area contributed by atoms with E-state index in [2.05, 4.69) is 68.8 Å². The Morgan fingerprint density at radius 1 is 0.897 bits per heavy atom. The van der Waals surface area contributed by atoms with E-state index < -0.39 is 0 Å². The van der Waals surface area contributed by atoms with Crippen LogP contribution in [0.1, 0.15) is 67.2 Å². The number of rotatable bonds is 12. The predicted octanol–water partition coefficient (Wildman–Crippen LogP) is 7.07. The quantitative estimate of drug-likeness (QED) is 0.199. The summed E-state index contributed by atoms with van der Waals surface area (Å²) in [5, 5.41) is 2.13. The molecule has 0 spiro atoms. The van der Waals surface area contributed by atoms with E-state index in [1.54, 1.807) is 4.90 Å². The summed E-state index contributed by atoms with van der Waals surface area (Å²) < 4.78 is 2.22. The molecule has 0 saturated carbocycles. The number of carbonyl (C=O) groups is 2. The number of unbranched alkanes of at least 4 members (excludes halogenated alkanes) is 1. The molecule has 5 heteroatoms. The van der Waals surface area contributed by atoms with Gasteiger partial charge in [0.1, 0.15) is 6.54 Å². The molecule has 4 rings (SSSR count). The topological polar surface area (TPSA) is 45.6 Å². The van der Waals surface area contributed by atoms with Gasteiger partial charge >= 0.3 is 0 Å². The van der Waals surface area contributed by atoms with E-state index in [1.807, 2.05) is 53.4 Å². The van der Waals surface area contributed by atoms with Gasteiger partial charge in [0.05, 0.1) is 6.54 Å². The molecule has 0 aliphatic heterocycles. The molecule has 0 aliphatic rings. The van der Waals surface area contributed by atoms with Crippen molar-refractivity contribution < 1.29 is 9.59 Å². The maximum atomic E-state index is 13.8. The standard InChI is InChI=1S/C34H41N3O2/c1-5-7-20-36(34(39)30-19-18-28-14-10-11-15-29(28)22-30)25-33(38)37(27(4)6-2)24-32-17-12-21-35(32)23-31-16-9-8-13-26(31)3/h8-19,21-22,27H,5-7,20,23-25H2,1-4H3. The Labute approximate surface area is 233 Å². The van der Waals surface area contributed by atoms with Crippen LogP contribution >= 0.6 is 0 Å². The zero-order valence-electron chi connectivity index (χ0n) is 23.8. The van der Waals surface area contributed by atoms with E-state index in [-0.39, 0.29) is 24.4 Å². The van der Waals surface area contributed by atoms with Gasteiger partial charge in [-0.2, -0.15) is 0 Å². The normalized spacial score (nSPS) is 11.9. The van der Waals surface area contributed by atoms with Crippen LogP contribution in [0.5, 0.6) is 0 Å². The fourth-order valence-corrected chi connectivity index (χ4v) is 4.96. The zero-order valence-corrected chi connectivity index (χ0v) is 23.8. The zero-order chi connectivity index (χ0) is 27.8. The third-order valence-corrected chi connectivity index (χ3v) is 7.69. The van der Waals surface area contributed by atoms with Crippen LogP contribution in [0.2, 0.25) is 0 Å². The molecule has 0 N–H and O–H groups in total. The van der Waals surface area contributed by atoms with E-state index >= 15 is 0 Å². The molecular formula is C34H41N3O2. The van der Waals surface area contributed by atoms with Gasteiger partial charge in [0.2, 0.25) is 5.91 Å². The third-order valence-electron chi connectivity index (χ3n) is 7.69. The number of benzene rings is 3. The molecule has 0 radical (unpaired) electrons. The number of aryl methyl sites for hydroxylation is 1. The Bertz CT molecular complexity index is 1410. The van der Waals surface area contributed by atoms with Crippen molar-refractivity contribution in [1.29, 1.82) is 0 Å². The highest BCUT2D eigenvalue weighted by molar-refractivity contribution is 6.00. The predicted molar refractivity (Wildman–Crippen MR) is 160 cm³/mol. The minimum Gasteiger partial charge on any atom is -0.345 e. The average molecular weight is 524 g/mol. The molecule has 0 aliphatic carbocycles. The van der Waals surface area contributed by atoms with Crippen molar-refractivity contribution in [1.82, 2.24) is 14.4 Å². The minimum atomic E-state index is -0.0883. The van der Waals surface area contributed by atoms with Crippen molar-refractivity contribution in [2.24, 2.45) is 0 Å². The monoisotopic (exact) mass is 523 g/mol. The molecule has 5 nitrogen and oxygen atoms in total. The molecule has 39 heavy (non-hydrogen) atoms. The number of aromatic nitrogens is 1. The van der Waals surface area contributed by atoms with Crippen LogP contribution in [0.15, 0.2) is 85.1 Å². The van der Waals surface area contributed by atoms with E-state index in [0.717, 1.165) is 42.3 Å². The first-order chi connectivity index (χ1) is 18.9. The Morgan fingerprint density at radius 2 is 1.64 bits per heavy atom. The largest absolute Gasteiger partial charge is 0.345 e. The van der Waals surface area contributed by atoms with Crippen LogP contribution in [0.3, 0.4) is 0 Å². The van der Waals surface area contributed by atoms with E-state index in [1.165, 1.54) is 11.1 Å². The van der Waals surface area contributed by atoms with E-state index in [4.69, 9.17) is 0 Å². The number of hydrogen-bond donors (Lipinski definition) is 0. The number of hydrogen-bond acceptors (Lipinski definition) is 2. The molecule has 3 aromatic carbocycles. The van der Waals surface area contributed by atoms with Gasteiger partial charge in [0.15, 0.2) is 0 Å². The summed E-state index contributed by atoms with van der Waals surface area (Å²) in [6.45, 7) is 10.3. The first kappa shape index (κ1) is 28.2. The summed E-state index contributed by atoms with van der Waals surface area (Å²) >= 11 is 0. The Morgan fingerprint density at radius 3 is 2.38 bits per heavy atom. The van der Waals surface area contributed by atoms with E-state index in [0.29, 0.717) is 18.7 Å². The van der Waals surface area contributed by atoms with E-state index in [9.17, 15) is 9.59 Å². The number of carbonyl (C=O) groups excluding carboxylic acids is 2. The lowest BCUT2D eigenvalue weighted by Crippen LogP contribution is -2.46. The number of fused-ring (bicyclic) bond motifs is 1. The van der Waals surface area contributed by atoms with Crippen LogP contribution in [-0.4, -0.2) is 45.3 Å². The molecule has 0 fully saturated rings. The third kappa shape index (κ3) is 6.97. The highest BCUT2D eigenvalue weighted by atomic mass is 16.2. The summed E-state index contributed by atoms with van der Waals surface area (Å²) in [4.78, 5) is 31.2. The minimum absolute atomic E-state index is 0.0155. The van der Waals surface area contributed by atoms with Crippen molar-refractivity contribution in [2.75, 3.05) is 13.1 Å². The Kier molecular flexibility index (Phi) is 9.59. The van der Waals surface area contributed by atoms with Gasteiger partial charge in [0, 0.05) is 36.6 Å². The summed E-state index contributed by atoms with van der Waals surface area (Å²) in [5.74, 6) is -0.104. The lowest BCUT2D eigenvalue weighted by molar-refractivity contribution is -0.134. The SMILES string of the molecule is CCCCN(CC(=O)N(Cc1cccn1Cc1ccccc1C)C(C)CC)C(=O)c1ccc2ccccc2c1. The lowest BCUT2D eigenvalue weighted by Gasteiger charge is -2.32. The molecule has 1 atom stereocenters. The first-order valence-corrected chi connectivity index (χ1v) is 14.2. The molecule has 1 heterocycles. The summed E-state index contributed by atoms with van der Waals surface area (Å²) in [6.07, 6.45) is 4.74. The molecule has 0 saturated heterocycles. The highest BCUT2D eigenvalue weighted by Gasteiger charge is 2.25. The van der Waals surface area contributed by atoms with Crippen molar-refractivity contribution in [3.8, 4) is 0 Å². The lowest BCUT2D eigenvalue weighted by atomic mass is 10.1.